The molecule has 1 aromatic rings. The van der Waals surface area contributed by atoms with Gasteiger partial charge in [0.1, 0.15) is 6.61 Å². The molecule has 5 nitrogen and oxygen atoms in total. The highest BCUT2D eigenvalue weighted by molar-refractivity contribution is 8.07. The van der Waals surface area contributed by atoms with Crippen LogP contribution in [0.2, 0.25) is 0 Å². The smallest absolute Gasteiger partial charge is 0.324 e. The Kier molecular flexibility index (Phi) is 7.34. The summed E-state index contributed by atoms with van der Waals surface area (Å²) in [6.45, 7) is -1.28. The van der Waals surface area contributed by atoms with Gasteiger partial charge in [-0.15, -0.1) is 0 Å². The molecule has 1 N–H and O–H groups in total. The van der Waals surface area contributed by atoms with Gasteiger partial charge in [0.25, 0.3) is 5.91 Å². The summed E-state index contributed by atoms with van der Waals surface area (Å²) >= 11 is 4.83. The maximum atomic E-state index is 11.9. The first-order chi connectivity index (χ1) is 9.46. The highest BCUT2D eigenvalue weighted by Crippen LogP contribution is 2.43. The Bertz CT molecular complexity index is 469. The Balaban J connectivity index is 2.44. The van der Waals surface area contributed by atoms with Crippen LogP contribution in [0.15, 0.2) is 30.3 Å². The van der Waals surface area contributed by atoms with E-state index in [1.807, 2.05) is 37.3 Å². The van der Waals surface area contributed by atoms with Crippen molar-refractivity contribution in [2.45, 2.75) is 19.8 Å². The Morgan fingerprint density at radius 1 is 1.35 bits per heavy atom. The van der Waals surface area contributed by atoms with Gasteiger partial charge in [-0.3, -0.25) is 9.32 Å². The molecule has 0 aliphatic rings. The second-order valence-corrected chi connectivity index (χ2v) is 7.05. The summed E-state index contributed by atoms with van der Waals surface area (Å²) in [5.41, 5.74) is 0.749. The number of benzene rings is 1. The van der Waals surface area contributed by atoms with Crippen LogP contribution in [-0.2, 0) is 25.6 Å². The number of nitrogens with zero attached hydrogens (tertiary/aromatic N) is 1. The third kappa shape index (κ3) is 6.11. The average molecular weight is 317 g/mol. The van der Waals surface area contributed by atoms with Crippen molar-refractivity contribution in [3.05, 3.63) is 30.3 Å². The van der Waals surface area contributed by atoms with Gasteiger partial charge < -0.3 is 14.3 Å². The molecular formula is C13H20NO4PS. The van der Waals surface area contributed by atoms with E-state index in [1.165, 1.54) is 4.90 Å². The Hall–Kier alpha value is -0.780. The van der Waals surface area contributed by atoms with Crippen molar-refractivity contribution in [2.75, 3.05) is 25.2 Å². The van der Waals surface area contributed by atoms with E-state index in [2.05, 4.69) is 0 Å². The number of carbonyl (C=O) groups excluding carboxylic acids is 1. The molecule has 0 bridgehead atoms. The summed E-state index contributed by atoms with van der Waals surface area (Å²) in [6, 6.07) is 9.16. The minimum absolute atomic E-state index is 0.293. The molecule has 1 unspecified atom stereocenters. The first-order valence-corrected chi connectivity index (χ1v) is 8.99. The normalized spacial score (nSPS) is 13.8. The third-order valence-electron chi connectivity index (χ3n) is 2.62. The number of unbranched alkanes of at least 4 members (excludes halogenated alkanes) is 1. The molecule has 0 aromatic heterocycles. The molecule has 0 aliphatic carbocycles. The van der Waals surface area contributed by atoms with Crippen molar-refractivity contribution in [1.29, 1.82) is 0 Å². The fourth-order valence-electron chi connectivity index (χ4n) is 1.39. The van der Waals surface area contributed by atoms with Crippen LogP contribution < -0.4 is 4.90 Å². The number of carbonyl (C=O) groups is 1. The van der Waals surface area contributed by atoms with Gasteiger partial charge in [-0.1, -0.05) is 31.5 Å². The first kappa shape index (κ1) is 17.3. The second-order valence-electron chi connectivity index (χ2n) is 4.22. The van der Waals surface area contributed by atoms with E-state index in [4.69, 9.17) is 20.9 Å². The van der Waals surface area contributed by atoms with Crippen LogP contribution in [0.3, 0.4) is 0 Å². The molecule has 0 saturated heterocycles. The largest absolute Gasteiger partial charge is 0.325 e. The SMILES string of the molecule is CCCCOP(O)(=S)OCC(=O)N(C)c1ccccc1. The average Bonchev–Trinajstić information content (AvgIpc) is 2.45. The van der Waals surface area contributed by atoms with Gasteiger partial charge in [0.15, 0.2) is 0 Å². The van der Waals surface area contributed by atoms with Crippen LogP contribution in [0.25, 0.3) is 0 Å². The minimum Gasteiger partial charge on any atom is -0.324 e. The standard InChI is InChI=1S/C13H20NO4PS/c1-3-4-10-17-19(16,20)18-11-13(15)14(2)12-8-6-5-7-9-12/h5-9H,3-4,10-11H2,1-2H3,(H,16,20). The minimum atomic E-state index is -3.32. The van der Waals surface area contributed by atoms with E-state index in [0.717, 1.165) is 18.5 Å². The van der Waals surface area contributed by atoms with Crippen LogP contribution in [0, 0.1) is 0 Å². The predicted molar refractivity (Wildman–Crippen MR) is 83.2 cm³/mol. The van der Waals surface area contributed by atoms with Gasteiger partial charge in [0.05, 0.1) is 6.61 Å². The van der Waals surface area contributed by atoms with Crippen molar-refractivity contribution < 1.29 is 18.7 Å². The molecule has 112 valence electrons. The van der Waals surface area contributed by atoms with E-state index in [-0.39, 0.29) is 12.5 Å². The zero-order valence-corrected chi connectivity index (χ0v) is 13.4. The van der Waals surface area contributed by atoms with Gasteiger partial charge in [-0.25, -0.2) is 0 Å². The van der Waals surface area contributed by atoms with Gasteiger partial charge in [-0.05, 0) is 30.4 Å². The maximum absolute atomic E-state index is 11.9. The van der Waals surface area contributed by atoms with Crippen LogP contribution in [0.1, 0.15) is 19.8 Å². The van der Waals surface area contributed by atoms with Crippen molar-refractivity contribution >= 4 is 30.1 Å². The molecule has 1 rings (SSSR count). The third-order valence-corrected chi connectivity index (χ3v) is 4.22. The van der Waals surface area contributed by atoms with Crippen LogP contribution in [0.5, 0.6) is 0 Å². The lowest BCUT2D eigenvalue weighted by Gasteiger charge is -2.19. The topological polar surface area (TPSA) is 59.0 Å². The fourth-order valence-corrected chi connectivity index (χ4v) is 2.48. The lowest BCUT2D eigenvalue weighted by molar-refractivity contribution is -0.120. The van der Waals surface area contributed by atoms with Crippen molar-refractivity contribution in [3.8, 4) is 0 Å². The van der Waals surface area contributed by atoms with E-state index < -0.39 is 6.72 Å². The zero-order valence-electron chi connectivity index (χ0n) is 11.7. The van der Waals surface area contributed by atoms with Gasteiger partial charge >= 0.3 is 6.72 Å². The molecule has 1 aromatic carbocycles. The molecule has 0 spiro atoms. The summed E-state index contributed by atoms with van der Waals surface area (Å²) < 4.78 is 10.1. The maximum Gasteiger partial charge on any atom is 0.325 e. The molecule has 0 heterocycles. The molecule has 1 amide bonds. The monoisotopic (exact) mass is 317 g/mol. The fraction of sp³-hybridized carbons (Fsp3) is 0.462. The lowest BCUT2D eigenvalue weighted by Crippen LogP contribution is -2.29. The van der Waals surface area contributed by atoms with Crippen LogP contribution in [0.4, 0.5) is 5.69 Å². The summed E-state index contributed by atoms with van der Waals surface area (Å²) in [6.07, 6.45) is 1.73. The first-order valence-electron chi connectivity index (χ1n) is 6.39. The van der Waals surface area contributed by atoms with Gasteiger partial charge in [0, 0.05) is 12.7 Å². The number of anilines is 1. The van der Waals surface area contributed by atoms with Crippen molar-refractivity contribution in [2.24, 2.45) is 0 Å². The molecule has 0 radical (unpaired) electrons. The summed E-state index contributed by atoms with van der Waals surface area (Å²) in [5, 5.41) is 0. The number of amides is 1. The molecule has 1 atom stereocenters. The van der Waals surface area contributed by atoms with E-state index >= 15 is 0 Å². The highest BCUT2D eigenvalue weighted by atomic mass is 32.5. The molecule has 20 heavy (non-hydrogen) atoms. The number of hydrogen-bond donors (Lipinski definition) is 1. The van der Waals surface area contributed by atoms with Crippen molar-refractivity contribution in [3.63, 3.8) is 0 Å². The number of rotatable bonds is 8. The predicted octanol–water partition coefficient (Wildman–Crippen LogP) is 2.70. The molecule has 0 fully saturated rings. The Labute approximate surface area is 124 Å². The zero-order chi connectivity index (χ0) is 15.0. The van der Waals surface area contributed by atoms with Gasteiger partial charge in [0.2, 0.25) is 0 Å². The number of hydrogen-bond acceptors (Lipinski definition) is 4. The summed E-state index contributed by atoms with van der Waals surface area (Å²) in [5.74, 6) is -0.293. The van der Waals surface area contributed by atoms with E-state index in [9.17, 15) is 9.69 Å². The van der Waals surface area contributed by atoms with E-state index in [1.54, 1.807) is 7.05 Å². The molecule has 0 aliphatic heterocycles. The molecular weight excluding hydrogens is 297 g/mol. The lowest BCUT2D eigenvalue weighted by atomic mass is 10.3. The van der Waals surface area contributed by atoms with E-state index in [0.29, 0.717) is 6.61 Å². The Morgan fingerprint density at radius 2 is 2.00 bits per heavy atom. The molecule has 7 heteroatoms. The summed E-state index contributed by atoms with van der Waals surface area (Å²) in [7, 11) is 1.64. The van der Waals surface area contributed by atoms with Gasteiger partial charge in [-0.2, -0.15) is 0 Å². The van der Waals surface area contributed by atoms with Crippen molar-refractivity contribution in [1.82, 2.24) is 0 Å². The highest BCUT2D eigenvalue weighted by Gasteiger charge is 2.19. The summed E-state index contributed by atoms with van der Waals surface area (Å²) in [4.78, 5) is 23.1. The van der Waals surface area contributed by atoms with Crippen LogP contribution >= 0.6 is 6.72 Å². The second kappa shape index (κ2) is 8.49. The Morgan fingerprint density at radius 3 is 2.60 bits per heavy atom. The quantitative estimate of drug-likeness (QED) is 0.590. The number of likely N-dealkylation sites (N-methyl/N-ethyl adjacent to an activating group) is 1. The van der Waals surface area contributed by atoms with Crippen LogP contribution in [-0.4, -0.2) is 31.1 Å². The number of para-hydroxylation sites is 1. The molecule has 0 saturated carbocycles.